The molecule has 1 aliphatic rings. The largest absolute Gasteiger partial charge is 0.312 e. The molecule has 0 saturated heterocycles. The van der Waals surface area contributed by atoms with E-state index in [1.807, 2.05) is 6.92 Å². The van der Waals surface area contributed by atoms with Crippen molar-refractivity contribution in [2.75, 3.05) is 12.3 Å². The van der Waals surface area contributed by atoms with Crippen molar-refractivity contribution < 1.29 is 8.42 Å². The predicted molar refractivity (Wildman–Crippen MR) is 77.6 cm³/mol. The molecular weight excluding hydrogens is 246 g/mol. The summed E-state index contributed by atoms with van der Waals surface area (Å²) in [5, 5.41) is 3.31. The first-order valence-corrected chi connectivity index (χ1v) is 9.01. The summed E-state index contributed by atoms with van der Waals surface area (Å²) in [4.78, 5) is 0. The molecule has 108 valence electrons. The van der Waals surface area contributed by atoms with E-state index in [1.165, 1.54) is 0 Å². The quantitative estimate of drug-likeness (QED) is 0.811. The summed E-state index contributed by atoms with van der Waals surface area (Å²) in [5.74, 6) is 0.331. The fourth-order valence-corrected chi connectivity index (χ4v) is 5.39. The Kier molecular flexibility index (Phi) is 5.66. The lowest BCUT2D eigenvalue weighted by atomic mass is 9.73. The monoisotopic (exact) mass is 275 g/mol. The Morgan fingerprint density at radius 3 is 2.44 bits per heavy atom. The number of hydrogen-bond acceptors (Lipinski definition) is 3. The Labute approximate surface area is 113 Å². The van der Waals surface area contributed by atoms with Crippen molar-refractivity contribution in [3.63, 3.8) is 0 Å². The third-order valence-electron chi connectivity index (χ3n) is 4.09. The molecule has 0 amide bonds. The number of nitrogens with one attached hydrogen (secondary N) is 1. The standard InChI is InChI=1S/C14H29NO2S/c1-5-10-15-13-12(18(16,17)11-6-2)8-7-9-14(13,3)4/h12-13,15H,5-11H2,1-4H3. The minimum absolute atomic E-state index is 0.0822. The average Bonchev–Trinajstić information content (AvgIpc) is 2.26. The highest BCUT2D eigenvalue weighted by atomic mass is 32.2. The molecule has 18 heavy (non-hydrogen) atoms. The van der Waals surface area contributed by atoms with Gasteiger partial charge in [0.25, 0.3) is 0 Å². The molecule has 3 nitrogen and oxygen atoms in total. The molecule has 1 saturated carbocycles. The van der Waals surface area contributed by atoms with Gasteiger partial charge in [0.15, 0.2) is 9.84 Å². The predicted octanol–water partition coefficient (Wildman–Crippen LogP) is 2.76. The van der Waals surface area contributed by atoms with E-state index in [9.17, 15) is 8.42 Å². The fourth-order valence-electron chi connectivity index (χ4n) is 3.11. The molecular formula is C14H29NO2S. The van der Waals surface area contributed by atoms with Gasteiger partial charge in [-0.15, -0.1) is 0 Å². The molecule has 1 fully saturated rings. The zero-order valence-corrected chi connectivity index (χ0v) is 13.1. The van der Waals surface area contributed by atoms with Crippen LogP contribution in [0.15, 0.2) is 0 Å². The third kappa shape index (κ3) is 3.70. The van der Waals surface area contributed by atoms with E-state index >= 15 is 0 Å². The van der Waals surface area contributed by atoms with Gasteiger partial charge in [0.1, 0.15) is 0 Å². The van der Waals surface area contributed by atoms with Gasteiger partial charge in [-0.25, -0.2) is 8.42 Å². The topological polar surface area (TPSA) is 46.2 Å². The lowest BCUT2D eigenvalue weighted by Crippen LogP contribution is -2.55. The van der Waals surface area contributed by atoms with Crippen molar-refractivity contribution in [2.24, 2.45) is 5.41 Å². The summed E-state index contributed by atoms with van der Waals surface area (Å²) >= 11 is 0. The molecule has 0 aromatic heterocycles. The summed E-state index contributed by atoms with van der Waals surface area (Å²) in [6.45, 7) is 9.38. The smallest absolute Gasteiger partial charge is 0.154 e. The van der Waals surface area contributed by atoms with E-state index in [1.54, 1.807) is 0 Å². The van der Waals surface area contributed by atoms with E-state index < -0.39 is 9.84 Å². The maximum atomic E-state index is 12.4. The molecule has 2 atom stereocenters. The van der Waals surface area contributed by atoms with Gasteiger partial charge in [-0.3, -0.25) is 0 Å². The molecule has 0 aromatic rings. The van der Waals surface area contributed by atoms with Gasteiger partial charge >= 0.3 is 0 Å². The maximum Gasteiger partial charge on any atom is 0.154 e. The molecule has 2 unspecified atom stereocenters. The Morgan fingerprint density at radius 2 is 1.89 bits per heavy atom. The van der Waals surface area contributed by atoms with Crippen LogP contribution in [0.2, 0.25) is 0 Å². The highest BCUT2D eigenvalue weighted by molar-refractivity contribution is 7.92. The van der Waals surface area contributed by atoms with Gasteiger partial charge < -0.3 is 5.32 Å². The second-order valence-electron chi connectivity index (χ2n) is 6.22. The molecule has 1 rings (SSSR count). The van der Waals surface area contributed by atoms with Crippen LogP contribution < -0.4 is 5.32 Å². The van der Waals surface area contributed by atoms with Gasteiger partial charge in [0.05, 0.1) is 11.0 Å². The first-order valence-electron chi connectivity index (χ1n) is 7.30. The Bertz CT molecular complexity index is 349. The van der Waals surface area contributed by atoms with Gasteiger partial charge in [-0.1, -0.05) is 34.1 Å². The van der Waals surface area contributed by atoms with Crippen LogP contribution in [0.1, 0.15) is 59.8 Å². The van der Waals surface area contributed by atoms with Crippen LogP contribution in [0.4, 0.5) is 0 Å². The lowest BCUT2D eigenvalue weighted by molar-refractivity contribution is 0.171. The van der Waals surface area contributed by atoms with Crippen molar-refractivity contribution in [3.05, 3.63) is 0 Å². The second kappa shape index (κ2) is 6.38. The normalized spacial score (nSPS) is 28.2. The van der Waals surface area contributed by atoms with Gasteiger partial charge in [-0.2, -0.15) is 0 Å². The first-order chi connectivity index (χ1) is 8.35. The molecule has 0 heterocycles. The Balaban J connectivity index is 2.92. The van der Waals surface area contributed by atoms with E-state index in [2.05, 4.69) is 26.1 Å². The summed E-state index contributed by atoms with van der Waals surface area (Å²) in [6.07, 6.45) is 4.75. The highest BCUT2D eigenvalue weighted by Gasteiger charge is 2.44. The van der Waals surface area contributed by atoms with E-state index in [-0.39, 0.29) is 16.7 Å². The van der Waals surface area contributed by atoms with Gasteiger partial charge in [0, 0.05) is 6.04 Å². The van der Waals surface area contributed by atoms with Crippen LogP contribution in [0.25, 0.3) is 0 Å². The maximum absolute atomic E-state index is 12.4. The third-order valence-corrected chi connectivity index (χ3v) is 6.50. The Morgan fingerprint density at radius 1 is 1.22 bits per heavy atom. The van der Waals surface area contributed by atoms with Crippen LogP contribution in [0.5, 0.6) is 0 Å². The summed E-state index contributed by atoms with van der Waals surface area (Å²) < 4.78 is 24.8. The van der Waals surface area contributed by atoms with Gasteiger partial charge in [-0.05, 0) is 37.6 Å². The number of hydrogen-bond donors (Lipinski definition) is 1. The summed E-state index contributed by atoms with van der Waals surface area (Å²) in [5.41, 5.74) is 0.0822. The molecule has 0 radical (unpaired) electrons. The van der Waals surface area contributed by atoms with Crippen molar-refractivity contribution in [1.82, 2.24) is 5.32 Å². The van der Waals surface area contributed by atoms with Crippen molar-refractivity contribution in [1.29, 1.82) is 0 Å². The number of sulfone groups is 1. The van der Waals surface area contributed by atoms with Crippen LogP contribution in [-0.2, 0) is 9.84 Å². The van der Waals surface area contributed by atoms with E-state index in [0.29, 0.717) is 5.75 Å². The minimum Gasteiger partial charge on any atom is -0.312 e. The second-order valence-corrected chi connectivity index (χ2v) is 8.56. The molecule has 1 aliphatic carbocycles. The zero-order chi connectivity index (χ0) is 13.8. The molecule has 0 aromatic carbocycles. The lowest BCUT2D eigenvalue weighted by Gasteiger charge is -2.44. The summed E-state index contributed by atoms with van der Waals surface area (Å²) in [7, 11) is -2.95. The molecule has 0 spiro atoms. The SMILES string of the molecule is CCCNC1C(S(=O)(=O)CCC)CCCC1(C)C. The molecule has 4 heteroatoms. The van der Waals surface area contributed by atoms with Gasteiger partial charge in [0.2, 0.25) is 0 Å². The van der Waals surface area contributed by atoms with Crippen molar-refractivity contribution in [3.8, 4) is 0 Å². The van der Waals surface area contributed by atoms with Crippen LogP contribution in [0.3, 0.4) is 0 Å². The van der Waals surface area contributed by atoms with E-state index in [0.717, 1.165) is 38.6 Å². The highest BCUT2D eigenvalue weighted by Crippen LogP contribution is 2.38. The number of rotatable bonds is 6. The van der Waals surface area contributed by atoms with Crippen molar-refractivity contribution >= 4 is 9.84 Å². The van der Waals surface area contributed by atoms with Crippen LogP contribution in [0, 0.1) is 5.41 Å². The Hall–Kier alpha value is -0.0900. The first kappa shape index (κ1) is 16.0. The van der Waals surface area contributed by atoms with Crippen LogP contribution in [-0.4, -0.2) is 32.0 Å². The van der Waals surface area contributed by atoms with E-state index in [4.69, 9.17) is 0 Å². The summed E-state index contributed by atoms with van der Waals surface area (Å²) in [6, 6.07) is 0.114. The average molecular weight is 275 g/mol. The molecule has 1 N–H and O–H groups in total. The van der Waals surface area contributed by atoms with Crippen LogP contribution >= 0.6 is 0 Å². The minimum atomic E-state index is -2.95. The zero-order valence-electron chi connectivity index (χ0n) is 12.3. The van der Waals surface area contributed by atoms with Crippen molar-refractivity contribution in [2.45, 2.75) is 71.1 Å². The molecule has 0 bridgehead atoms. The fraction of sp³-hybridized carbons (Fsp3) is 1.00. The molecule has 0 aliphatic heterocycles.